The van der Waals surface area contributed by atoms with Gasteiger partial charge in [0.25, 0.3) is 0 Å². The van der Waals surface area contributed by atoms with Gasteiger partial charge in [0.1, 0.15) is 10.6 Å². The first-order chi connectivity index (χ1) is 11.1. The van der Waals surface area contributed by atoms with E-state index in [0.29, 0.717) is 37.4 Å². The number of nitrogens with one attached hydrogen (secondary N) is 1. The lowest BCUT2D eigenvalue weighted by Gasteiger charge is -2.33. The van der Waals surface area contributed by atoms with Gasteiger partial charge in [-0.25, -0.2) is 8.42 Å². The van der Waals surface area contributed by atoms with Crippen LogP contribution in [0.2, 0.25) is 0 Å². The molecular formula is C16H27N3O4S. The normalized spacial score (nSPS) is 18.8. The van der Waals surface area contributed by atoms with Crippen molar-refractivity contribution in [1.82, 2.24) is 14.8 Å². The van der Waals surface area contributed by atoms with Gasteiger partial charge < -0.3 is 9.84 Å². The van der Waals surface area contributed by atoms with Crippen LogP contribution in [0.1, 0.15) is 45.1 Å². The van der Waals surface area contributed by atoms with E-state index in [-0.39, 0.29) is 28.7 Å². The number of sulfonamides is 1. The molecule has 0 aromatic carbocycles. The van der Waals surface area contributed by atoms with Crippen molar-refractivity contribution in [3.63, 3.8) is 0 Å². The van der Waals surface area contributed by atoms with Crippen LogP contribution >= 0.6 is 0 Å². The van der Waals surface area contributed by atoms with Gasteiger partial charge in [-0.3, -0.25) is 4.79 Å². The number of rotatable bonds is 5. The summed E-state index contributed by atoms with van der Waals surface area (Å²) < 4.78 is 32.1. The quantitative estimate of drug-likeness (QED) is 0.868. The molecule has 0 aliphatic carbocycles. The second kappa shape index (κ2) is 7.23. The summed E-state index contributed by atoms with van der Waals surface area (Å²) in [6.07, 6.45) is 1.35. The van der Waals surface area contributed by atoms with Crippen molar-refractivity contribution in [2.45, 2.75) is 58.4 Å². The van der Waals surface area contributed by atoms with Crippen LogP contribution in [0.5, 0.6) is 0 Å². The fraction of sp³-hybridized carbons (Fsp3) is 0.750. The molecule has 1 fully saturated rings. The van der Waals surface area contributed by atoms with E-state index in [1.807, 2.05) is 20.8 Å². The van der Waals surface area contributed by atoms with E-state index in [1.54, 1.807) is 13.8 Å². The molecule has 1 N–H and O–H groups in total. The number of hydrogen-bond donors (Lipinski definition) is 1. The minimum absolute atomic E-state index is 0.0389. The van der Waals surface area contributed by atoms with Gasteiger partial charge in [-0.1, -0.05) is 12.1 Å². The molecule has 2 heterocycles. The Morgan fingerprint density at radius 3 is 2.29 bits per heavy atom. The van der Waals surface area contributed by atoms with E-state index in [2.05, 4.69) is 10.5 Å². The molecule has 1 aromatic heterocycles. The molecule has 0 saturated carbocycles. The number of nitrogens with zero attached hydrogens (tertiary/aromatic N) is 2. The summed E-state index contributed by atoms with van der Waals surface area (Å²) in [7, 11) is -3.59. The summed E-state index contributed by atoms with van der Waals surface area (Å²) >= 11 is 0. The van der Waals surface area contributed by atoms with Crippen LogP contribution in [0.25, 0.3) is 0 Å². The zero-order chi connectivity index (χ0) is 18.1. The Labute approximate surface area is 143 Å². The van der Waals surface area contributed by atoms with Crippen molar-refractivity contribution in [1.29, 1.82) is 0 Å². The highest BCUT2D eigenvalue weighted by Gasteiger charge is 2.36. The van der Waals surface area contributed by atoms with Gasteiger partial charge in [0, 0.05) is 25.0 Å². The third kappa shape index (κ3) is 3.80. The van der Waals surface area contributed by atoms with Gasteiger partial charge in [-0.15, -0.1) is 0 Å². The van der Waals surface area contributed by atoms with E-state index in [9.17, 15) is 13.2 Å². The van der Waals surface area contributed by atoms with Crippen molar-refractivity contribution in [2.24, 2.45) is 11.8 Å². The Kier molecular flexibility index (Phi) is 5.70. The average molecular weight is 357 g/mol. The summed E-state index contributed by atoms with van der Waals surface area (Å²) in [6.45, 7) is 9.85. The first-order valence-corrected chi connectivity index (χ1v) is 9.82. The molecule has 1 amide bonds. The number of piperidine rings is 1. The number of aryl methyl sites for hydroxylation is 2. The summed E-state index contributed by atoms with van der Waals surface area (Å²) in [5.74, 6) is 0.438. The average Bonchev–Trinajstić information content (AvgIpc) is 2.85. The van der Waals surface area contributed by atoms with E-state index in [4.69, 9.17) is 4.52 Å². The molecule has 1 aromatic rings. The molecule has 0 bridgehead atoms. The van der Waals surface area contributed by atoms with Crippen LogP contribution in [0, 0.1) is 25.7 Å². The molecule has 8 heteroatoms. The molecule has 1 aliphatic heterocycles. The van der Waals surface area contributed by atoms with Gasteiger partial charge in [0.05, 0.1) is 0 Å². The predicted molar refractivity (Wildman–Crippen MR) is 89.9 cm³/mol. The molecular weight excluding hydrogens is 330 g/mol. The third-order valence-corrected chi connectivity index (χ3v) is 6.76. The molecule has 7 nitrogen and oxygen atoms in total. The molecule has 0 radical (unpaired) electrons. The number of carbonyl (C=O) groups is 1. The van der Waals surface area contributed by atoms with Crippen molar-refractivity contribution in [2.75, 3.05) is 13.1 Å². The highest BCUT2D eigenvalue weighted by molar-refractivity contribution is 7.89. The molecule has 2 rings (SSSR count). The van der Waals surface area contributed by atoms with Crippen LogP contribution in [0.3, 0.4) is 0 Å². The van der Waals surface area contributed by atoms with E-state index in [1.165, 1.54) is 4.31 Å². The summed E-state index contributed by atoms with van der Waals surface area (Å²) in [6, 6.07) is 0.111. The highest BCUT2D eigenvalue weighted by Crippen LogP contribution is 2.30. The Hall–Kier alpha value is -1.41. The van der Waals surface area contributed by atoms with Gasteiger partial charge in [-0.2, -0.15) is 4.31 Å². The Morgan fingerprint density at radius 1 is 1.25 bits per heavy atom. The molecule has 0 spiro atoms. The minimum Gasteiger partial charge on any atom is -0.360 e. The zero-order valence-electron chi connectivity index (χ0n) is 15.0. The lowest BCUT2D eigenvalue weighted by atomic mass is 9.85. The smallest absolute Gasteiger partial charge is 0.248 e. The fourth-order valence-electron chi connectivity index (χ4n) is 3.22. The SMILES string of the molecule is Cc1noc(C)c1S(=O)(=O)N1CCC([C@H](C)C(=O)NC(C)C)CC1. The maximum absolute atomic E-state index is 12.8. The molecule has 24 heavy (non-hydrogen) atoms. The molecule has 1 aliphatic rings. The van der Waals surface area contributed by atoms with E-state index >= 15 is 0 Å². The zero-order valence-corrected chi connectivity index (χ0v) is 15.8. The third-order valence-electron chi connectivity index (χ3n) is 4.62. The summed E-state index contributed by atoms with van der Waals surface area (Å²) in [5.41, 5.74) is 0.388. The largest absolute Gasteiger partial charge is 0.360 e. The second-order valence-corrected chi connectivity index (χ2v) is 8.72. The van der Waals surface area contributed by atoms with Crippen molar-refractivity contribution in [3.05, 3.63) is 11.5 Å². The predicted octanol–water partition coefficient (Wildman–Crippen LogP) is 1.85. The van der Waals surface area contributed by atoms with Gasteiger partial charge in [0.15, 0.2) is 5.76 Å². The van der Waals surface area contributed by atoms with Crippen molar-refractivity contribution < 1.29 is 17.7 Å². The van der Waals surface area contributed by atoms with Crippen LogP contribution in [0.4, 0.5) is 0 Å². The Bertz CT molecular complexity index is 669. The maximum atomic E-state index is 12.8. The lowest BCUT2D eigenvalue weighted by molar-refractivity contribution is -0.127. The van der Waals surface area contributed by atoms with Gasteiger partial charge >= 0.3 is 0 Å². The molecule has 1 saturated heterocycles. The fourth-order valence-corrected chi connectivity index (χ4v) is 4.98. The summed E-state index contributed by atoms with van der Waals surface area (Å²) in [4.78, 5) is 12.3. The lowest BCUT2D eigenvalue weighted by Crippen LogP contribution is -2.43. The van der Waals surface area contributed by atoms with Crippen molar-refractivity contribution in [3.8, 4) is 0 Å². The number of amides is 1. The molecule has 1 atom stereocenters. The first-order valence-electron chi connectivity index (χ1n) is 8.38. The van der Waals surface area contributed by atoms with E-state index < -0.39 is 10.0 Å². The first kappa shape index (κ1) is 18.9. The molecule has 136 valence electrons. The Balaban J connectivity index is 2.04. The minimum atomic E-state index is -3.59. The van der Waals surface area contributed by atoms with Crippen LogP contribution in [-0.4, -0.2) is 42.9 Å². The standard InChI is InChI=1S/C16H27N3O4S/c1-10(2)17-16(20)11(3)14-6-8-19(9-7-14)24(21,22)15-12(4)18-23-13(15)5/h10-11,14H,6-9H2,1-5H3,(H,17,20)/t11-/m0/s1. The second-order valence-electron chi connectivity index (χ2n) is 6.85. The number of aromatic nitrogens is 1. The topological polar surface area (TPSA) is 92.5 Å². The maximum Gasteiger partial charge on any atom is 0.248 e. The molecule has 0 unspecified atom stereocenters. The van der Waals surface area contributed by atoms with Crippen molar-refractivity contribution >= 4 is 15.9 Å². The monoisotopic (exact) mass is 357 g/mol. The van der Waals surface area contributed by atoms with Gasteiger partial charge in [-0.05, 0) is 46.5 Å². The van der Waals surface area contributed by atoms with Gasteiger partial charge in [0.2, 0.25) is 15.9 Å². The Morgan fingerprint density at radius 2 is 1.83 bits per heavy atom. The summed E-state index contributed by atoms with van der Waals surface area (Å²) in [5, 5.41) is 6.66. The van der Waals surface area contributed by atoms with E-state index in [0.717, 1.165) is 0 Å². The highest BCUT2D eigenvalue weighted by atomic mass is 32.2. The van der Waals surface area contributed by atoms with Crippen LogP contribution < -0.4 is 5.32 Å². The van der Waals surface area contributed by atoms with Crippen LogP contribution in [-0.2, 0) is 14.8 Å². The number of hydrogen-bond acceptors (Lipinski definition) is 5. The van der Waals surface area contributed by atoms with Crippen LogP contribution in [0.15, 0.2) is 9.42 Å². The number of carbonyl (C=O) groups excluding carboxylic acids is 1.